The molecule has 1 N–H and O–H groups in total. The third kappa shape index (κ3) is 4.83. The second kappa shape index (κ2) is 8.16. The van der Waals surface area contributed by atoms with E-state index in [0.717, 1.165) is 19.4 Å². The molecule has 2 nitrogen and oxygen atoms in total. The molecular weight excluding hydrogens is 241 g/mol. The lowest BCUT2D eigenvalue weighted by atomic mass is 10.1. The molecule has 1 unspecified atom stereocenters. The van der Waals surface area contributed by atoms with Gasteiger partial charge in [-0.2, -0.15) is 0 Å². The maximum atomic E-state index is 14.0. The largest absolute Gasteiger partial charge is 0.493 e. The highest BCUT2D eigenvalue weighted by Gasteiger charge is 2.11. The van der Waals surface area contributed by atoms with Crippen LogP contribution in [-0.4, -0.2) is 13.2 Å². The van der Waals surface area contributed by atoms with Crippen LogP contribution in [0.5, 0.6) is 5.75 Å². The van der Waals surface area contributed by atoms with Gasteiger partial charge in [0, 0.05) is 17.7 Å². The molecule has 0 bridgehead atoms. The molecule has 108 valence electrons. The van der Waals surface area contributed by atoms with Gasteiger partial charge < -0.3 is 10.1 Å². The summed E-state index contributed by atoms with van der Waals surface area (Å²) in [5.41, 5.74) is 0.691. The summed E-state index contributed by atoms with van der Waals surface area (Å²) in [6.45, 7) is 9.77. The Kier molecular flexibility index (Phi) is 6.85. The number of benzene rings is 1. The predicted octanol–water partition coefficient (Wildman–Crippen LogP) is 4.31. The van der Waals surface area contributed by atoms with Gasteiger partial charge in [-0.05, 0) is 25.5 Å². The first-order chi connectivity index (χ1) is 9.12. The highest BCUT2D eigenvalue weighted by Crippen LogP contribution is 2.22. The Bertz CT molecular complexity index is 377. The van der Waals surface area contributed by atoms with Crippen LogP contribution in [0.15, 0.2) is 18.2 Å². The van der Waals surface area contributed by atoms with Gasteiger partial charge in [0.05, 0.1) is 6.61 Å². The van der Waals surface area contributed by atoms with E-state index in [2.05, 4.69) is 19.2 Å². The van der Waals surface area contributed by atoms with Crippen LogP contribution in [0.25, 0.3) is 0 Å². The van der Waals surface area contributed by atoms with Gasteiger partial charge in [0.1, 0.15) is 11.6 Å². The Morgan fingerprint density at radius 1 is 1.21 bits per heavy atom. The van der Waals surface area contributed by atoms with Gasteiger partial charge in [0.2, 0.25) is 0 Å². The zero-order valence-corrected chi connectivity index (χ0v) is 12.5. The van der Waals surface area contributed by atoms with Gasteiger partial charge in [-0.25, -0.2) is 4.39 Å². The van der Waals surface area contributed by atoms with Crippen molar-refractivity contribution in [1.82, 2.24) is 5.32 Å². The van der Waals surface area contributed by atoms with Gasteiger partial charge in [-0.15, -0.1) is 0 Å². The fraction of sp³-hybridized carbons (Fsp3) is 0.625. The van der Waals surface area contributed by atoms with E-state index < -0.39 is 0 Å². The molecule has 1 atom stereocenters. The lowest BCUT2D eigenvalue weighted by Crippen LogP contribution is -2.18. The summed E-state index contributed by atoms with van der Waals surface area (Å²) < 4.78 is 19.7. The second-order valence-corrected chi connectivity index (χ2v) is 4.96. The van der Waals surface area contributed by atoms with Gasteiger partial charge >= 0.3 is 0 Å². The van der Waals surface area contributed by atoms with Crippen molar-refractivity contribution >= 4 is 0 Å². The number of halogens is 1. The minimum Gasteiger partial charge on any atom is -0.493 e. The quantitative estimate of drug-likeness (QED) is 0.757. The standard InChI is InChI=1S/C16H26FNO/c1-5-13(6-2)11-19-14-8-9-15(16(17)10-14)12(4)18-7-3/h8-10,12-13,18H,5-7,11H2,1-4H3. The number of nitrogens with one attached hydrogen (secondary N) is 1. The van der Waals surface area contributed by atoms with Gasteiger partial charge in [-0.3, -0.25) is 0 Å². The molecule has 0 saturated heterocycles. The molecule has 1 aromatic rings. The van der Waals surface area contributed by atoms with E-state index in [1.54, 1.807) is 0 Å². The Morgan fingerprint density at radius 3 is 2.42 bits per heavy atom. The average molecular weight is 267 g/mol. The van der Waals surface area contributed by atoms with Crippen molar-refractivity contribution < 1.29 is 9.13 Å². The van der Waals surface area contributed by atoms with Crippen LogP contribution in [-0.2, 0) is 0 Å². The Labute approximate surface area is 116 Å². The van der Waals surface area contributed by atoms with Gasteiger partial charge in [0.25, 0.3) is 0 Å². The minimum absolute atomic E-state index is 0.0260. The molecular formula is C16H26FNO. The van der Waals surface area contributed by atoms with Crippen molar-refractivity contribution in [2.45, 2.75) is 46.6 Å². The molecule has 0 aliphatic rings. The molecule has 0 saturated carbocycles. The molecule has 3 heteroatoms. The zero-order valence-electron chi connectivity index (χ0n) is 12.5. The Morgan fingerprint density at radius 2 is 1.89 bits per heavy atom. The van der Waals surface area contributed by atoms with Gasteiger partial charge in [0.15, 0.2) is 0 Å². The third-order valence-corrected chi connectivity index (χ3v) is 3.59. The molecule has 0 aliphatic heterocycles. The summed E-state index contributed by atoms with van der Waals surface area (Å²) in [5, 5.41) is 3.21. The smallest absolute Gasteiger partial charge is 0.131 e. The van der Waals surface area contributed by atoms with Crippen LogP contribution in [0.1, 0.15) is 52.1 Å². The van der Waals surface area contributed by atoms with Crippen molar-refractivity contribution in [2.75, 3.05) is 13.2 Å². The Hall–Kier alpha value is -1.09. The summed E-state index contributed by atoms with van der Waals surface area (Å²) in [7, 11) is 0. The molecule has 0 spiro atoms. The first kappa shape index (κ1) is 16.0. The van der Waals surface area contributed by atoms with E-state index in [-0.39, 0.29) is 11.9 Å². The molecule has 0 aliphatic carbocycles. The normalized spacial score (nSPS) is 12.7. The highest BCUT2D eigenvalue weighted by molar-refractivity contribution is 5.30. The molecule has 19 heavy (non-hydrogen) atoms. The molecule has 0 heterocycles. The van der Waals surface area contributed by atoms with Crippen LogP contribution in [0, 0.1) is 11.7 Å². The average Bonchev–Trinajstić information content (AvgIpc) is 2.40. The maximum absolute atomic E-state index is 14.0. The van der Waals surface area contributed by atoms with Crippen molar-refractivity contribution in [2.24, 2.45) is 5.92 Å². The van der Waals surface area contributed by atoms with Crippen LogP contribution in [0.4, 0.5) is 4.39 Å². The van der Waals surface area contributed by atoms with Crippen molar-refractivity contribution in [3.63, 3.8) is 0 Å². The van der Waals surface area contributed by atoms with E-state index in [1.807, 2.05) is 26.0 Å². The first-order valence-corrected chi connectivity index (χ1v) is 7.27. The first-order valence-electron chi connectivity index (χ1n) is 7.27. The second-order valence-electron chi connectivity index (χ2n) is 4.96. The molecule has 1 rings (SSSR count). The Balaban J connectivity index is 2.66. The lowest BCUT2D eigenvalue weighted by Gasteiger charge is -2.16. The van der Waals surface area contributed by atoms with Crippen molar-refractivity contribution in [3.8, 4) is 5.75 Å². The highest BCUT2D eigenvalue weighted by atomic mass is 19.1. The van der Waals surface area contributed by atoms with E-state index in [4.69, 9.17) is 4.74 Å². The molecule has 1 aromatic carbocycles. The molecule has 0 amide bonds. The number of rotatable bonds is 8. The summed E-state index contributed by atoms with van der Waals surface area (Å²) in [4.78, 5) is 0. The monoisotopic (exact) mass is 267 g/mol. The van der Waals surface area contributed by atoms with Crippen LogP contribution in [0.2, 0.25) is 0 Å². The van der Waals surface area contributed by atoms with E-state index in [0.29, 0.717) is 23.8 Å². The van der Waals surface area contributed by atoms with E-state index in [9.17, 15) is 4.39 Å². The summed E-state index contributed by atoms with van der Waals surface area (Å²) in [6, 6.07) is 5.18. The number of ether oxygens (including phenoxy) is 1. The fourth-order valence-corrected chi connectivity index (χ4v) is 2.10. The maximum Gasteiger partial charge on any atom is 0.131 e. The molecule has 0 fully saturated rings. The van der Waals surface area contributed by atoms with Gasteiger partial charge in [-0.1, -0.05) is 39.7 Å². The summed E-state index contributed by atoms with van der Waals surface area (Å²) >= 11 is 0. The number of hydrogen-bond acceptors (Lipinski definition) is 2. The molecule has 0 radical (unpaired) electrons. The third-order valence-electron chi connectivity index (χ3n) is 3.59. The number of hydrogen-bond donors (Lipinski definition) is 1. The fourth-order valence-electron chi connectivity index (χ4n) is 2.10. The lowest BCUT2D eigenvalue weighted by molar-refractivity contribution is 0.239. The minimum atomic E-state index is -0.199. The summed E-state index contributed by atoms with van der Waals surface area (Å²) in [5.74, 6) is 0.968. The van der Waals surface area contributed by atoms with Crippen molar-refractivity contribution in [1.29, 1.82) is 0 Å². The van der Waals surface area contributed by atoms with E-state index >= 15 is 0 Å². The predicted molar refractivity (Wildman–Crippen MR) is 78.1 cm³/mol. The molecule has 0 aromatic heterocycles. The van der Waals surface area contributed by atoms with Crippen LogP contribution < -0.4 is 10.1 Å². The SMILES string of the molecule is CCNC(C)c1ccc(OCC(CC)CC)cc1F. The van der Waals surface area contributed by atoms with Crippen LogP contribution in [0.3, 0.4) is 0 Å². The van der Waals surface area contributed by atoms with Crippen LogP contribution >= 0.6 is 0 Å². The summed E-state index contributed by atoms with van der Waals surface area (Å²) in [6.07, 6.45) is 2.18. The topological polar surface area (TPSA) is 21.3 Å². The zero-order chi connectivity index (χ0) is 14.3. The van der Waals surface area contributed by atoms with E-state index in [1.165, 1.54) is 6.07 Å². The van der Waals surface area contributed by atoms with Crippen molar-refractivity contribution in [3.05, 3.63) is 29.6 Å².